The largest absolute Gasteiger partial charge is 0.497 e. The van der Waals surface area contributed by atoms with Crippen molar-refractivity contribution in [2.45, 2.75) is 5.92 Å². The summed E-state index contributed by atoms with van der Waals surface area (Å²) in [7, 11) is 1.57. The monoisotopic (exact) mass is 496 g/mol. The van der Waals surface area contributed by atoms with E-state index >= 15 is 0 Å². The number of benzene rings is 3. The molecule has 4 rings (SSSR count). The van der Waals surface area contributed by atoms with Crippen LogP contribution in [0.25, 0.3) is 0 Å². The third kappa shape index (κ3) is 4.88. The first kappa shape index (κ1) is 23.3. The highest BCUT2D eigenvalue weighted by atomic mass is 35.5. The van der Waals surface area contributed by atoms with Crippen molar-refractivity contribution in [3.63, 3.8) is 0 Å². The Bertz CT molecular complexity index is 1330. The summed E-state index contributed by atoms with van der Waals surface area (Å²) < 4.78 is 21.8. The number of hydrogen-bond donors (Lipinski definition) is 1. The van der Waals surface area contributed by atoms with Crippen LogP contribution in [0.1, 0.15) is 17.0 Å². The minimum atomic E-state index is -0.646. The van der Waals surface area contributed by atoms with E-state index in [1.165, 1.54) is 12.1 Å². The first-order valence-corrected chi connectivity index (χ1v) is 10.8. The molecule has 34 heavy (non-hydrogen) atoms. The molecule has 7 nitrogen and oxygen atoms in total. The summed E-state index contributed by atoms with van der Waals surface area (Å²) in [5.74, 6) is 0.416. The number of halogens is 2. The molecular formula is C25H18Cl2N2O5. The summed E-state index contributed by atoms with van der Waals surface area (Å²) in [4.78, 5) is 12.3. The van der Waals surface area contributed by atoms with Gasteiger partial charge < -0.3 is 24.7 Å². The fourth-order valence-electron chi connectivity index (χ4n) is 3.55. The maximum atomic E-state index is 12.3. The number of carbonyl (C=O) groups excluding carboxylic acids is 1. The number of nitrogens with two attached hydrogens (primary N) is 1. The number of fused-ring (bicyclic) bond motifs is 1. The molecule has 0 amide bonds. The van der Waals surface area contributed by atoms with Crippen molar-refractivity contribution in [1.82, 2.24) is 0 Å². The van der Waals surface area contributed by atoms with Crippen molar-refractivity contribution in [3.05, 3.63) is 93.3 Å². The van der Waals surface area contributed by atoms with Crippen LogP contribution in [0.2, 0.25) is 10.0 Å². The van der Waals surface area contributed by atoms with Gasteiger partial charge in [0.15, 0.2) is 6.61 Å². The standard InChI is InChI=1S/C25H18Cl2N2O5/c1-31-16-4-2-3-14(9-16)24-18-7-6-17(11-22(18)34-25(29)19(24)12-28)33-23(30)13-32-21-8-5-15(26)10-20(21)27/h2-11,24H,13,29H2,1H3. The van der Waals surface area contributed by atoms with Gasteiger partial charge in [0.05, 0.1) is 18.1 Å². The minimum Gasteiger partial charge on any atom is -0.497 e. The third-order valence-electron chi connectivity index (χ3n) is 5.09. The van der Waals surface area contributed by atoms with E-state index in [1.807, 2.05) is 24.3 Å². The van der Waals surface area contributed by atoms with Crippen LogP contribution >= 0.6 is 23.2 Å². The zero-order chi connectivity index (χ0) is 24.2. The smallest absolute Gasteiger partial charge is 0.349 e. The van der Waals surface area contributed by atoms with E-state index in [0.29, 0.717) is 27.8 Å². The van der Waals surface area contributed by atoms with E-state index in [0.717, 1.165) is 5.56 Å². The van der Waals surface area contributed by atoms with E-state index < -0.39 is 11.9 Å². The van der Waals surface area contributed by atoms with Gasteiger partial charge in [0.2, 0.25) is 5.88 Å². The highest BCUT2D eigenvalue weighted by molar-refractivity contribution is 6.35. The Morgan fingerprint density at radius 2 is 1.94 bits per heavy atom. The summed E-state index contributed by atoms with van der Waals surface area (Å²) in [6, 6.07) is 19.0. The fourth-order valence-corrected chi connectivity index (χ4v) is 4.02. The number of ether oxygens (including phenoxy) is 4. The van der Waals surface area contributed by atoms with Gasteiger partial charge >= 0.3 is 5.97 Å². The molecule has 0 aliphatic carbocycles. The molecule has 1 heterocycles. The number of hydrogen-bond acceptors (Lipinski definition) is 7. The summed E-state index contributed by atoms with van der Waals surface area (Å²) in [5, 5.41) is 10.4. The fraction of sp³-hybridized carbons (Fsp3) is 0.120. The molecule has 2 N–H and O–H groups in total. The number of rotatable bonds is 6. The normalized spacial score (nSPS) is 14.5. The molecule has 3 aromatic rings. The Balaban J connectivity index is 1.55. The summed E-state index contributed by atoms with van der Waals surface area (Å²) in [5.41, 5.74) is 7.83. The van der Waals surface area contributed by atoms with E-state index in [9.17, 15) is 10.1 Å². The third-order valence-corrected chi connectivity index (χ3v) is 5.62. The van der Waals surface area contributed by atoms with Crippen LogP contribution in [-0.4, -0.2) is 19.7 Å². The average Bonchev–Trinajstić information content (AvgIpc) is 2.82. The second-order valence-electron chi connectivity index (χ2n) is 7.24. The zero-order valence-electron chi connectivity index (χ0n) is 17.9. The van der Waals surface area contributed by atoms with Crippen LogP contribution in [0.5, 0.6) is 23.0 Å². The van der Waals surface area contributed by atoms with Crippen molar-refractivity contribution >= 4 is 29.2 Å². The second kappa shape index (κ2) is 9.96. The lowest BCUT2D eigenvalue weighted by atomic mass is 9.83. The Morgan fingerprint density at radius 3 is 2.68 bits per heavy atom. The number of methoxy groups -OCH3 is 1. The summed E-state index contributed by atoms with van der Waals surface area (Å²) in [6.07, 6.45) is 0. The van der Waals surface area contributed by atoms with Crippen LogP contribution in [0, 0.1) is 11.3 Å². The summed E-state index contributed by atoms with van der Waals surface area (Å²) in [6.45, 7) is -0.369. The predicted molar refractivity (Wildman–Crippen MR) is 126 cm³/mol. The lowest BCUT2D eigenvalue weighted by Gasteiger charge is -2.27. The SMILES string of the molecule is COc1cccc(C2C(C#N)=C(N)Oc3cc(OC(=O)COc4ccc(Cl)cc4Cl)ccc32)c1. The van der Waals surface area contributed by atoms with Gasteiger partial charge in [-0.05, 0) is 42.0 Å². The lowest BCUT2D eigenvalue weighted by molar-refractivity contribution is -0.136. The molecule has 0 aromatic heterocycles. The van der Waals surface area contributed by atoms with Gasteiger partial charge in [-0.3, -0.25) is 0 Å². The van der Waals surface area contributed by atoms with Crippen molar-refractivity contribution in [1.29, 1.82) is 5.26 Å². The molecule has 0 radical (unpaired) electrons. The van der Waals surface area contributed by atoms with E-state index in [-0.39, 0.29) is 28.8 Å². The highest BCUT2D eigenvalue weighted by Crippen LogP contribution is 2.44. The van der Waals surface area contributed by atoms with E-state index in [1.54, 1.807) is 31.4 Å². The van der Waals surface area contributed by atoms with E-state index in [2.05, 4.69) is 6.07 Å². The topological polar surface area (TPSA) is 104 Å². The maximum absolute atomic E-state index is 12.3. The highest BCUT2D eigenvalue weighted by Gasteiger charge is 2.31. The molecule has 0 saturated heterocycles. The molecule has 0 bridgehead atoms. The Morgan fingerprint density at radius 1 is 1.12 bits per heavy atom. The van der Waals surface area contributed by atoms with Gasteiger partial charge in [0.1, 0.15) is 34.6 Å². The van der Waals surface area contributed by atoms with E-state index in [4.69, 9.17) is 47.9 Å². The Kier molecular flexibility index (Phi) is 6.82. The molecular weight excluding hydrogens is 479 g/mol. The number of nitrogens with zero attached hydrogens (tertiary/aromatic N) is 1. The first-order chi connectivity index (χ1) is 16.4. The van der Waals surface area contributed by atoms with Crippen molar-refractivity contribution in [2.24, 2.45) is 5.73 Å². The molecule has 0 saturated carbocycles. The van der Waals surface area contributed by atoms with Crippen LogP contribution in [0.15, 0.2) is 72.1 Å². The van der Waals surface area contributed by atoms with Crippen molar-refractivity contribution in [3.8, 4) is 29.1 Å². The first-order valence-electron chi connectivity index (χ1n) is 10.0. The molecule has 1 aliphatic rings. The average molecular weight is 497 g/mol. The number of nitriles is 1. The molecule has 3 aromatic carbocycles. The van der Waals surface area contributed by atoms with Crippen molar-refractivity contribution < 1.29 is 23.7 Å². The molecule has 0 fully saturated rings. The van der Waals surface area contributed by atoms with Gasteiger partial charge in [-0.2, -0.15) is 5.26 Å². The molecule has 1 unspecified atom stereocenters. The number of carbonyl (C=O) groups is 1. The van der Waals surface area contributed by atoms with Crippen LogP contribution < -0.4 is 24.7 Å². The predicted octanol–water partition coefficient (Wildman–Crippen LogP) is 5.20. The van der Waals surface area contributed by atoms with Gasteiger partial charge in [-0.15, -0.1) is 0 Å². The minimum absolute atomic E-state index is 0.0213. The lowest BCUT2D eigenvalue weighted by Crippen LogP contribution is -2.21. The number of allylic oxidation sites excluding steroid dienone is 1. The molecule has 0 spiro atoms. The Labute approximate surface area is 205 Å². The van der Waals surface area contributed by atoms with Gasteiger partial charge in [-0.25, -0.2) is 4.79 Å². The second-order valence-corrected chi connectivity index (χ2v) is 8.08. The van der Waals surface area contributed by atoms with Crippen LogP contribution in [0.3, 0.4) is 0 Å². The molecule has 1 atom stereocenters. The molecule has 1 aliphatic heterocycles. The quantitative estimate of drug-likeness (QED) is 0.369. The van der Waals surface area contributed by atoms with Gasteiger partial charge in [0, 0.05) is 16.7 Å². The number of esters is 1. The van der Waals surface area contributed by atoms with Crippen LogP contribution in [-0.2, 0) is 4.79 Å². The summed E-state index contributed by atoms with van der Waals surface area (Å²) >= 11 is 11.9. The van der Waals surface area contributed by atoms with Crippen molar-refractivity contribution in [2.75, 3.05) is 13.7 Å². The Hall–Kier alpha value is -3.86. The van der Waals surface area contributed by atoms with Gasteiger partial charge in [-0.1, -0.05) is 41.4 Å². The maximum Gasteiger partial charge on any atom is 0.349 e. The van der Waals surface area contributed by atoms with Crippen LogP contribution in [0.4, 0.5) is 0 Å². The molecule has 9 heteroatoms. The molecule has 172 valence electrons. The zero-order valence-corrected chi connectivity index (χ0v) is 19.4. The van der Waals surface area contributed by atoms with Gasteiger partial charge in [0.25, 0.3) is 0 Å².